The van der Waals surface area contributed by atoms with Crippen molar-refractivity contribution in [3.05, 3.63) is 12.2 Å². The summed E-state index contributed by atoms with van der Waals surface area (Å²) in [4.78, 5) is 12.4. The van der Waals surface area contributed by atoms with E-state index in [0.29, 0.717) is 29.0 Å². The number of ether oxygens (including phenoxy) is 1. The monoisotopic (exact) mass is 246 g/mol. The Balaban J connectivity index is 1.82. The highest BCUT2D eigenvalue weighted by Crippen LogP contribution is 2.69. The second kappa shape index (κ2) is 3.27. The minimum absolute atomic E-state index is 0.0956. The molecule has 0 aromatic heterocycles. The molecule has 1 heterocycles. The third-order valence-corrected chi connectivity index (χ3v) is 6.62. The van der Waals surface area contributed by atoms with Crippen molar-refractivity contribution in [3.63, 3.8) is 0 Å². The van der Waals surface area contributed by atoms with E-state index in [2.05, 4.69) is 26.0 Å². The number of rotatable bonds is 2. The molecule has 18 heavy (non-hydrogen) atoms. The Morgan fingerprint density at radius 3 is 2.56 bits per heavy atom. The van der Waals surface area contributed by atoms with Crippen LogP contribution in [0.2, 0.25) is 0 Å². The van der Waals surface area contributed by atoms with Crippen molar-refractivity contribution < 1.29 is 9.53 Å². The highest BCUT2D eigenvalue weighted by atomic mass is 16.6. The van der Waals surface area contributed by atoms with Gasteiger partial charge in [-0.15, -0.1) is 0 Å². The topological polar surface area (TPSA) is 29.6 Å². The molecule has 2 heteroatoms. The zero-order chi connectivity index (χ0) is 12.5. The van der Waals surface area contributed by atoms with Crippen LogP contribution in [-0.4, -0.2) is 18.0 Å². The number of ketones is 1. The van der Waals surface area contributed by atoms with Gasteiger partial charge in [0.15, 0.2) is 0 Å². The van der Waals surface area contributed by atoms with E-state index in [4.69, 9.17) is 4.74 Å². The van der Waals surface area contributed by atoms with E-state index >= 15 is 0 Å². The van der Waals surface area contributed by atoms with Crippen molar-refractivity contribution >= 4 is 5.78 Å². The van der Waals surface area contributed by atoms with Gasteiger partial charge in [-0.25, -0.2) is 0 Å². The maximum atomic E-state index is 12.4. The van der Waals surface area contributed by atoms with Crippen LogP contribution >= 0.6 is 0 Å². The van der Waals surface area contributed by atoms with Gasteiger partial charge in [0.1, 0.15) is 5.78 Å². The molecule has 1 aliphatic heterocycles. The van der Waals surface area contributed by atoms with Crippen LogP contribution < -0.4 is 0 Å². The lowest BCUT2D eigenvalue weighted by Crippen LogP contribution is -2.43. The molecule has 3 aliphatic carbocycles. The second-order valence-corrected chi connectivity index (χ2v) is 6.75. The molecule has 0 N–H and O–H groups in total. The average molecular weight is 246 g/mol. The molecule has 1 spiro atoms. The Labute approximate surface area is 109 Å². The number of epoxide rings is 1. The third-order valence-electron chi connectivity index (χ3n) is 6.62. The first-order valence-corrected chi connectivity index (χ1v) is 7.53. The van der Waals surface area contributed by atoms with E-state index in [1.54, 1.807) is 0 Å². The van der Waals surface area contributed by atoms with Crippen molar-refractivity contribution in [2.75, 3.05) is 6.61 Å². The van der Waals surface area contributed by atoms with E-state index in [1.165, 1.54) is 12.8 Å². The highest BCUT2D eigenvalue weighted by Gasteiger charge is 2.71. The summed E-state index contributed by atoms with van der Waals surface area (Å²) in [5.41, 5.74) is 0.451. The molecule has 5 atom stereocenters. The van der Waals surface area contributed by atoms with Crippen molar-refractivity contribution in [2.24, 2.45) is 29.1 Å². The molecule has 3 fully saturated rings. The fraction of sp³-hybridized carbons (Fsp3) is 0.812. The maximum absolute atomic E-state index is 12.4. The van der Waals surface area contributed by atoms with Crippen molar-refractivity contribution in [1.29, 1.82) is 0 Å². The number of fused-ring (bicyclic) bond motifs is 6. The molecule has 4 aliphatic rings. The molecule has 0 amide bonds. The van der Waals surface area contributed by atoms with Crippen molar-refractivity contribution in [1.82, 2.24) is 0 Å². The smallest absolute Gasteiger partial charge is 0.137 e. The molecule has 2 saturated carbocycles. The summed E-state index contributed by atoms with van der Waals surface area (Å²) >= 11 is 0. The van der Waals surface area contributed by atoms with Crippen LogP contribution in [0.3, 0.4) is 0 Å². The zero-order valence-electron chi connectivity index (χ0n) is 11.3. The molecular weight excluding hydrogens is 224 g/mol. The Kier molecular flexibility index (Phi) is 2.04. The van der Waals surface area contributed by atoms with Gasteiger partial charge in [-0.05, 0) is 36.5 Å². The summed E-state index contributed by atoms with van der Waals surface area (Å²) in [6.07, 6.45) is 8.90. The molecule has 4 rings (SSSR count). The van der Waals surface area contributed by atoms with E-state index in [0.717, 1.165) is 19.4 Å². The van der Waals surface area contributed by atoms with Crippen LogP contribution in [0.15, 0.2) is 12.2 Å². The number of carbonyl (C=O) groups is 1. The van der Waals surface area contributed by atoms with Crippen LogP contribution in [0.5, 0.6) is 0 Å². The fourth-order valence-corrected chi connectivity index (χ4v) is 5.59. The third kappa shape index (κ3) is 1.04. The average Bonchev–Trinajstić information content (AvgIpc) is 3.01. The van der Waals surface area contributed by atoms with Crippen molar-refractivity contribution in [2.45, 2.75) is 45.1 Å². The van der Waals surface area contributed by atoms with Gasteiger partial charge in [0.05, 0.1) is 12.2 Å². The number of hydrogen-bond acceptors (Lipinski definition) is 2. The molecule has 98 valence electrons. The van der Waals surface area contributed by atoms with Gasteiger partial charge in [-0.2, -0.15) is 0 Å². The van der Waals surface area contributed by atoms with Gasteiger partial charge in [0.2, 0.25) is 0 Å². The number of carbonyl (C=O) groups excluding carboxylic acids is 1. The lowest BCUT2D eigenvalue weighted by atomic mass is 9.66. The Morgan fingerprint density at radius 1 is 1.28 bits per heavy atom. The van der Waals surface area contributed by atoms with Gasteiger partial charge in [-0.1, -0.05) is 26.0 Å². The SMILES string of the molecule is CCC1(CC)[C@@H]2C=C[C@H]1[C@H]1C(=O)CC[C@]3(CO3)[C@H]12. The molecule has 0 aromatic carbocycles. The van der Waals surface area contributed by atoms with Crippen LogP contribution in [0.4, 0.5) is 0 Å². The molecular formula is C16H22O2. The summed E-state index contributed by atoms with van der Waals surface area (Å²) in [7, 11) is 0. The molecule has 0 radical (unpaired) electrons. The van der Waals surface area contributed by atoms with Crippen LogP contribution in [0, 0.1) is 29.1 Å². The van der Waals surface area contributed by atoms with E-state index in [1.807, 2.05) is 0 Å². The van der Waals surface area contributed by atoms with E-state index in [9.17, 15) is 4.79 Å². The van der Waals surface area contributed by atoms with E-state index in [-0.39, 0.29) is 11.5 Å². The first-order chi connectivity index (χ1) is 8.68. The lowest BCUT2D eigenvalue weighted by Gasteiger charge is -2.36. The highest BCUT2D eigenvalue weighted by molar-refractivity contribution is 5.84. The summed E-state index contributed by atoms with van der Waals surface area (Å²) in [6.45, 7) is 5.51. The van der Waals surface area contributed by atoms with Gasteiger partial charge >= 0.3 is 0 Å². The molecule has 2 nitrogen and oxygen atoms in total. The van der Waals surface area contributed by atoms with E-state index < -0.39 is 0 Å². The summed E-state index contributed by atoms with van der Waals surface area (Å²) in [5, 5.41) is 0. The lowest BCUT2D eigenvalue weighted by molar-refractivity contribution is -0.129. The predicted molar refractivity (Wildman–Crippen MR) is 69.0 cm³/mol. The first kappa shape index (κ1) is 11.2. The molecule has 2 bridgehead atoms. The Morgan fingerprint density at radius 2 is 1.94 bits per heavy atom. The van der Waals surface area contributed by atoms with Gasteiger partial charge in [0, 0.05) is 18.3 Å². The molecule has 1 saturated heterocycles. The van der Waals surface area contributed by atoms with Crippen molar-refractivity contribution in [3.8, 4) is 0 Å². The van der Waals surface area contributed by atoms with Crippen LogP contribution in [0.25, 0.3) is 0 Å². The normalized spacial score (nSPS) is 50.9. The Hall–Kier alpha value is -0.630. The Bertz CT molecular complexity index is 428. The zero-order valence-corrected chi connectivity index (χ0v) is 11.3. The fourth-order valence-electron chi connectivity index (χ4n) is 5.59. The van der Waals surface area contributed by atoms with Crippen LogP contribution in [-0.2, 0) is 9.53 Å². The molecule has 0 aromatic rings. The standard InChI is InChI=1S/C16H22O2/c1-3-15(4-2)10-5-6-11(15)14-13(10)12(17)7-8-16(14)9-18-16/h5-6,10-11,13-14H,3-4,7-9H2,1-2H3/t10-,11+,13-,14-,16-/m0/s1. The largest absolute Gasteiger partial charge is 0.369 e. The molecule has 0 unspecified atom stereocenters. The van der Waals surface area contributed by atoms with Gasteiger partial charge in [-0.3, -0.25) is 4.79 Å². The second-order valence-electron chi connectivity index (χ2n) is 6.75. The maximum Gasteiger partial charge on any atom is 0.137 e. The number of Topliss-reactive ketones (excluding diaryl/α,β-unsaturated/α-hetero) is 1. The quantitative estimate of drug-likeness (QED) is 0.554. The summed E-state index contributed by atoms with van der Waals surface area (Å²) in [5.74, 6) is 2.37. The van der Waals surface area contributed by atoms with Gasteiger partial charge < -0.3 is 4.74 Å². The van der Waals surface area contributed by atoms with Gasteiger partial charge in [0.25, 0.3) is 0 Å². The number of hydrogen-bond donors (Lipinski definition) is 0. The first-order valence-electron chi connectivity index (χ1n) is 7.53. The minimum atomic E-state index is 0.0956. The summed E-state index contributed by atoms with van der Waals surface area (Å²) in [6, 6.07) is 0. The minimum Gasteiger partial charge on any atom is -0.369 e. The predicted octanol–water partition coefficient (Wildman–Crippen LogP) is 2.97. The number of allylic oxidation sites excluding steroid dienone is 2. The summed E-state index contributed by atoms with van der Waals surface area (Å²) < 4.78 is 5.85. The van der Waals surface area contributed by atoms with Crippen LogP contribution in [0.1, 0.15) is 39.5 Å².